The van der Waals surface area contributed by atoms with Crippen LogP contribution in [0.4, 0.5) is 0 Å². The summed E-state index contributed by atoms with van der Waals surface area (Å²) in [6, 6.07) is 3.93. The fourth-order valence-electron chi connectivity index (χ4n) is 2.27. The van der Waals surface area contributed by atoms with E-state index in [0.717, 1.165) is 27.8 Å². The molecule has 0 aliphatic heterocycles. The molecule has 4 heteroatoms. The highest BCUT2D eigenvalue weighted by Gasteiger charge is 2.17. The van der Waals surface area contributed by atoms with Gasteiger partial charge in [0.15, 0.2) is 0 Å². The Bertz CT molecular complexity index is 546. The Labute approximate surface area is 101 Å². The van der Waals surface area contributed by atoms with Gasteiger partial charge in [0.05, 0.1) is 18.7 Å². The first-order valence-electron chi connectivity index (χ1n) is 5.60. The number of nitrogens with two attached hydrogens (primary N) is 1. The van der Waals surface area contributed by atoms with Crippen molar-refractivity contribution < 1.29 is 9.84 Å². The van der Waals surface area contributed by atoms with E-state index < -0.39 is 6.10 Å². The zero-order valence-corrected chi connectivity index (χ0v) is 10.4. The Morgan fingerprint density at radius 1 is 1.47 bits per heavy atom. The SMILES string of the molecule is COc1ccc(C)c2c(C(O)CN)cn(C)c12. The molecule has 1 heterocycles. The number of nitrogens with zero attached hydrogens (tertiary/aromatic N) is 1. The second kappa shape index (κ2) is 4.39. The molecule has 2 aromatic rings. The first kappa shape index (κ1) is 12.0. The summed E-state index contributed by atoms with van der Waals surface area (Å²) in [5.41, 5.74) is 8.51. The maximum atomic E-state index is 9.95. The molecular weight excluding hydrogens is 216 g/mol. The molecule has 0 saturated heterocycles. The molecule has 2 rings (SSSR count). The van der Waals surface area contributed by atoms with E-state index in [1.807, 2.05) is 36.9 Å². The standard InChI is InChI=1S/C13H18N2O2/c1-8-4-5-11(17-3)13-12(8)9(7-15(13)2)10(16)6-14/h4-5,7,10,16H,6,14H2,1-3H3. The largest absolute Gasteiger partial charge is 0.495 e. The van der Waals surface area contributed by atoms with Crippen LogP contribution < -0.4 is 10.5 Å². The molecule has 0 bridgehead atoms. The topological polar surface area (TPSA) is 60.4 Å². The minimum absolute atomic E-state index is 0.218. The van der Waals surface area contributed by atoms with Crippen LogP contribution in [0.5, 0.6) is 5.75 Å². The van der Waals surface area contributed by atoms with Crippen LogP contribution in [-0.2, 0) is 7.05 Å². The molecule has 1 atom stereocenters. The van der Waals surface area contributed by atoms with Gasteiger partial charge >= 0.3 is 0 Å². The van der Waals surface area contributed by atoms with Gasteiger partial charge in [0.2, 0.25) is 0 Å². The number of hydrogen-bond acceptors (Lipinski definition) is 3. The van der Waals surface area contributed by atoms with Gasteiger partial charge in [-0.3, -0.25) is 0 Å². The Kier molecular flexibility index (Phi) is 3.09. The van der Waals surface area contributed by atoms with Crippen molar-refractivity contribution in [3.05, 3.63) is 29.5 Å². The highest BCUT2D eigenvalue weighted by atomic mass is 16.5. The average Bonchev–Trinajstić information content (AvgIpc) is 2.68. The van der Waals surface area contributed by atoms with Gasteiger partial charge in [-0.1, -0.05) is 6.07 Å². The summed E-state index contributed by atoms with van der Waals surface area (Å²) in [5, 5.41) is 11.0. The number of methoxy groups -OCH3 is 1. The van der Waals surface area contributed by atoms with Gasteiger partial charge in [-0.2, -0.15) is 0 Å². The van der Waals surface area contributed by atoms with Crippen molar-refractivity contribution in [2.75, 3.05) is 13.7 Å². The Hall–Kier alpha value is -1.52. The maximum absolute atomic E-state index is 9.95. The van der Waals surface area contributed by atoms with Crippen molar-refractivity contribution in [1.82, 2.24) is 4.57 Å². The molecule has 17 heavy (non-hydrogen) atoms. The molecule has 0 spiro atoms. The highest BCUT2D eigenvalue weighted by Crippen LogP contribution is 2.34. The summed E-state index contributed by atoms with van der Waals surface area (Å²) >= 11 is 0. The third-order valence-electron chi connectivity index (χ3n) is 3.13. The summed E-state index contributed by atoms with van der Waals surface area (Å²) in [6.45, 7) is 2.24. The summed E-state index contributed by atoms with van der Waals surface area (Å²) in [4.78, 5) is 0. The van der Waals surface area contributed by atoms with Crippen LogP contribution in [0.2, 0.25) is 0 Å². The third kappa shape index (κ3) is 1.79. The molecule has 0 amide bonds. The molecular formula is C13H18N2O2. The number of hydrogen-bond donors (Lipinski definition) is 2. The van der Waals surface area contributed by atoms with Crippen LogP contribution >= 0.6 is 0 Å². The summed E-state index contributed by atoms with van der Waals surface area (Å²) in [5.74, 6) is 0.809. The van der Waals surface area contributed by atoms with Crippen LogP contribution in [-0.4, -0.2) is 23.3 Å². The lowest BCUT2D eigenvalue weighted by atomic mass is 10.0. The van der Waals surface area contributed by atoms with Gasteiger partial charge in [-0.15, -0.1) is 0 Å². The molecule has 0 saturated carbocycles. The first-order valence-corrected chi connectivity index (χ1v) is 5.60. The van der Waals surface area contributed by atoms with Crippen molar-refractivity contribution in [3.63, 3.8) is 0 Å². The second-order valence-electron chi connectivity index (χ2n) is 4.26. The van der Waals surface area contributed by atoms with E-state index in [4.69, 9.17) is 10.5 Å². The van der Waals surface area contributed by atoms with Gasteiger partial charge in [-0.05, 0) is 18.6 Å². The molecule has 1 aromatic heterocycles. The van der Waals surface area contributed by atoms with E-state index in [1.165, 1.54) is 0 Å². The lowest BCUT2D eigenvalue weighted by molar-refractivity contribution is 0.188. The monoisotopic (exact) mass is 234 g/mol. The fourth-order valence-corrected chi connectivity index (χ4v) is 2.27. The van der Waals surface area contributed by atoms with E-state index in [-0.39, 0.29) is 6.54 Å². The molecule has 0 fully saturated rings. The Morgan fingerprint density at radius 2 is 2.18 bits per heavy atom. The average molecular weight is 234 g/mol. The molecule has 0 aliphatic carbocycles. The smallest absolute Gasteiger partial charge is 0.143 e. The first-order chi connectivity index (χ1) is 8.10. The van der Waals surface area contributed by atoms with Gasteiger partial charge in [0, 0.05) is 30.7 Å². The zero-order chi connectivity index (χ0) is 12.6. The van der Waals surface area contributed by atoms with Gasteiger partial charge in [-0.25, -0.2) is 0 Å². The fraction of sp³-hybridized carbons (Fsp3) is 0.385. The molecule has 0 radical (unpaired) electrons. The Balaban J connectivity index is 2.81. The molecule has 4 nitrogen and oxygen atoms in total. The summed E-state index contributed by atoms with van der Waals surface area (Å²) in [7, 11) is 3.59. The van der Waals surface area contributed by atoms with Gasteiger partial charge in [0.1, 0.15) is 5.75 Å². The van der Waals surface area contributed by atoms with Crippen LogP contribution in [0.3, 0.4) is 0 Å². The van der Waals surface area contributed by atoms with E-state index in [2.05, 4.69) is 0 Å². The number of benzene rings is 1. The molecule has 0 aliphatic rings. The number of aliphatic hydroxyl groups excluding tert-OH is 1. The van der Waals surface area contributed by atoms with Crippen molar-refractivity contribution in [1.29, 1.82) is 0 Å². The molecule has 3 N–H and O–H groups in total. The number of ether oxygens (including phenoxy) is 1. The quantitative estimate of drug-likeness (QED) is 0.845. The normalized spacial score (nSPS) is 13.0. The van der Waals surface area contributed by atoms with E-state index in [1.54, 1.807) is 7.11 Å². The van der Waals surface area contributed by atoms with Crippen molar-refractivity contribution in [2.24, 2.45) is 12.8 Å². The summed E-state index contributed by atoms with van der Waals surface area (Å²) < 4.78 is 7.32. The molecule has 1 unspecified atom stereocenters. The van der Waals surface area contributed by atoms with Crippen LogP contribution in [0.1, 0.15) is 17.2 Å². The van der Waals surface area contributed by atoms with Crippen LogP contribution in [0.25, 0.3) is 10.9 Å². The predicted octanol–water partition coefficient (Wildman–Crippen LogP) is 1.49. The predicted molar refractivity (Wildman–Crippen MR) is 68.2 cm³/mol. The van der Waals surface area contributed by atoms with Gasteiger partial charge < -0.3 is 20.1 Å². The van der Waals surface area contributed by atoms with Crippen molar-refractivity contribution >= 4 is 10.9 Å². The molecule has 1 aromatic carbocycles. The highest BCUT2D eigenvalue weighted by molar-refractivity contribution is 5.92. The van der Waals surface area contributed by atoms with Gasteiger partial charge in [0.25, 0.3) is 0 Å². The Morgan fingerprint density at radius 3 is 2.76 bits per heavy atom. The van der Waals surface area contributed by atoms with Crippen molar-refractivity contribution in [3.8, 4) is 5.75 Å². The number of aryl methyl sites for hydroxylation is 2. The van der Waals surface area contributed by atoms with Crippen molar-refractivity contribution in [2.45, 2.75) is 13.0 Å². The minimum Gasteiger partial charge on any atom is -0.495 e. The van der Waals surface area contributed by atoms with E-state index in [0.29, 0.717) is 0 Å². The number of aliphatic hydroxyl groups is 1. The lowest BCUT2D eigenvalue weighted by Gasteiger charge is -2.09. The summed E-state index contributed by atoms with van der Waals surface area (Å²) in [6.07, 6.45) is 1.28. The van der Waals surface area contributed by atoms with Crippen LogP contribution in [0, 0.1) is 6.92 Å². The minimum atomic E-state index is -0.635. The van der Waals surface area contributed by atoms with E-state index >= 15 is 0 Å². The number of rotatable bonds is 3. The zero-order valence-electron chi connectivity index (χ0n) is 10.4. The maximum Gasteiger partial charge on any atom is 0.143 e. The second-order valence-corrected chi connectivity index (χ2v) is 4.26. The number of aromatic nitrogens is 1. The number of fused-ring (bicyclic) bond motifs is 1. The molecule has 92 valence electrons. The third-order valence-corrected chi connectivity index (χ3v) is 3.13. The van der Waals surface area contributed by atoms with Crippen LogP contribution in [0.15, 0.2) is 18.3 Å². The lowest BCUT2D eigenvalue weighted by Crippen LogP contribution is -2.11. The van der Waals surface area contributed by atoms with E-state index in [9.17, 15) is 5.11 Å².